The van der Waals surface area contributed by atoms with Crippen molar-refractivity contribution in [2.45, 2.75) is 45.7 Å². The second-order valence-corrected chi connectivity index (χ2v) is 6.87. The molecule has 0 saturated carbocycles. The highest BCUT2D eigenvalue weighted by Gasteiger charge is 2.18. The molecule has 1 atom stereocenters. The predicted molar refractivity (Wildman–Crippen MR) is 103 cm³/mol. The molecule has 1 unspecified atom stereocenters. The molecular formula is C20H26N4O2. The van der Waals surface area contributed by atoms with Crippen LogP contribution in [0, 0.1) is 0 Å². The van der Waals surface area contributed by atoms with E-state index in [-0.39, 0.29) is 23.5 Å². The number of pyridine rings is 1. The molecule has 0 aliphatic carbocycles. The lowest BCUT2D eigenvalue weighted by molar-refractivity contribution is 0.0911. The topological polar surface area (TPSA) is 83.1 Å². The van der Waals surface area contributed by atoms with Gasteiger partial charge in [-0.15, -0.1) is 0 Å². The van der Waals surface area contributed by atoms with Crippen LogP contribution in [0.15, 0.2) is 48.8 Å². The van der Waals surface area contributed by atoms with Crippen LogP contribution >= 0.6 is 0 Å². The molecule has 1 aromatic carbocycles. The Morgan fingerprint density at radius 2 is 1.69 bits per heavy atom. The van der Waals surface area contributed by atoms with Crippen LogP contribution in [0.1, 0.15) is 56.1 Å². The number of rotatable bonds is 6. The monoisotopic (exact) mass is 354 g/mol. The van der Waals surface area contributed by atoms with Crippen LogP contribution < -0.4 is 16.0 Å². The van der Waals surface area contributed by atoms with Crippen LogP contribution in [0.5, 0.6) is 0 Å². The fourth-order valence-corrected chi connectivity index (χ4v) is 2.27. The zero-order valence-electron chi connectivity index (χ0n) is 15.7. The summed E-state index contributed by atoms with van der Waals surface area (Å²) in [5, 5.41) is 8.62. The van der Waals surface area contributed by atoms with Crippen LogP contribution in [-0.4, -0.2) is 22.5 Å². The number of hydrogen-bond acceptors (Lipinski definition) is 3. The Kier molecular flexibility index (Phi) is 6.33. The van der Waals surface area contributed by atoms with E-state index in [1.165, 1.54) is 0 Å². The number of nitrogens with one attached hydrogen (secondary N) is 3. The van der Waals surface area contributed by atoms with Gasteiger partial charge in [0.1, 0.15) is 0 Å². The Balaban J connectivity index is 1.92. The van der Waals surface area contributed by atoms with Crippen LogP contribution in [0.2, 0.25) is 0 Å². The second kappa shape index (κ2) is 8.47. The smallest absolute Gasteiger partial charge is 0.319 e. The van der Waals surface area contributed by atoms with E-state index in [1.807, 2.05) is 39.8 Å². The minimum atomic E-state index is -0.307. The van der Waals surface area contributed by atoms with Crippen molar-refractivity contribution in [3.05, 3.63) is 59.9 Å². The predicted octanol–water partition coefficient (Wildman–Crippen LogP) is 3.88. The van der Waals surface area contributed by atoms with Crippen LogP contribution in [0.4, 0.5) is 10.5 Å². The van der Waals surface area contributed by atoms with Gasteiger partial charge in [-0.2, -0.15) is 0 Å². The summed E-state index contributed by atoms with van der Waals surface area (Å²) in [6.45, 7) is 7.89. The molecular weight excluding hydrogens is 328 g/mol. The van der Waals surface area contributed by atoms with Gasteiger partial charge in [0, 0.05) is 29.2 Å². The van der Waals surface area contributed by atoms with Crippen molar-refractivity contribution in [2.24, 2.45) is 0 Å². The van der Waals surface area contributed by atoms with E-state index >= 15 is 0 Å². The van der Waals surface area contributed by atoms with Gasteiger partial charge >= 0.3 is 6.03 Å². The number of benzene rings is 1. The van der Waals surface area contributed by atoms with Gasteiger partial charge in [0.15, 0.2) is 0 Å². The summed E-state index contributed by atoms with van der Waals surface area (Å²) in [5.41, 5.74) is 1.90. The van der Waals surface area contributed by atoms with E-state index < -0.39 is 0 Å². The lowest BCUT2D eigenvalue weighted by atomic mass is 10.0. The first kappa shape index (κ1) is 19.4. The first-order valence-electron chi connectivity index (χ1n) is 8.71. The molecule has 0 aliphatic rings. The largest absolute Gasteiger partial charge is 0.347 e. The number of amides is 3. The van der Waals surface area contributed by atoms with Gasteiger partial charge in [-0.3, -0.25) is 9.78 Å². The van der Waals surface area contributed by atoms with Crippen LogP contribution in [0.3, 0.4) is 0 Å². The summed E-state index contributed by atoms with van der Waals surface area (Å²) in [6.07, 6.45) is 4.22. The van der Waals surface area contributed by atoms with Crippen molar-refractivity contribution < 1.29 is 9.59 Å². The Morgan fingerprint density at radius 1 is 1.08 bits per heavy atom. The maximum absolute atomic E-state index is 12.2. The van der Waals surface area contributed by atoms with Crippen molar-refractivity contribution in [3.8, 4) is 0 Å². The highest BCUT2D eigenvalue weighted by Crippen LogP contribution is 2.14. The summed E-state index contributed by atoms with van der Waals surface area (Å²) < 4.78 is 0. The van der Waals surface area contributed by atoms with Gasteiger partial charge in [0.2, 0.25) is 0 Å². The Bertz CT molecular complexity index is 742. The highest BCUT2D eigenvalue weighted by atomic mass is 16.2. The summed E-state index contributed by atoms with van der Waals surface area (Å²) in [7, 11) is 0. The molecule has 3 amide bonds. The number of aromatic nitrogens is 1. The third-order valence-corrected chi connectivity index (χ3v) is 4.29. The van der Waals surface area contributed by atoms with Crippen molar-refractivity contribution in [1.29, 1.82) is 0 Å². The second-order valence-electron chi connectivity index (χ2n) is 6.87. The minimum absolute atomic E-state index is 0.126. The molecule has 0 spiro atoms. The van der Waals surface area contributed by atoms with Crippen molar-refractivity contribution >= 4 is 17.6 Å². The first-order chi connectivity index (χ1) is 12.3. The van der Waals surface area contributed by atoms with Gasteiger partial charge in [0.05, 0.1) is 6.04 Å². The fourth-order valence-electron chi connectivity index (χ4n) is 2.27. The Morgan fingerprint density at radius 3 is 2.27 bits per heavy atom. The third kappa shape index (κ3) is 5.58. The molecule has 2 rings (SSSR count). The number of carbonyl (C=O) groups is 2. The van der Waals surface area contributed by atoms with E-state index in [0.29, 0.717) is 11.3 Å². The van der Waals surface area contributed by atoms with Gasteiger partial charge in [-0.25, -0.2) is 4.79 Å². The molecule has 0 saturated heterocycles. The van der Waals surface area contributed by atoms with E-state index in [2.05, 4.69) is 20.9 Å². The summed E-state index contributed by atoms with van der Waals surface area (Å²) >= 11 is 0. The summed E-state index contributed by atoms with van der Waals surface area (Å²) in [6, 6.07) is 10.1. The Labute approximate surface area is 154 Å². The standard InChI is InChI=1S/C20H26N4O2/c1-5-20(3,4)24-18(25)16-6-8-17(9-7-16)23-19(26)22-14(2)15-10-12-21-13-11-15/h6-14H,5H2,1-4H3,(H,24,25)(H2,22,23,26). The zero-order chi connectivity index (χ0) is 19.2. The van der Waals surface area contributed by atoms with Crippen molar-refractivity contribution in [2.75, 3.05) is 5.32 Å². The number of nitrogens with zero attached hydrogens (tertiary/aromatic N) is 1. The highest BCUT2D eigenvalue weighted by molar-refractivity contribution is 5.96. The molecule has 0 radical (unpaired) electrons. The lowest BCUT2D eigenvalue weighted by Gasteiger charge is -2.24. The molecule has 26 heavy (non-hydrogen) atoms. The normalized spacial score (nSPS) is 12.2. The van der Waals surface area contributed by atoms with Crippen molar-refractivity contribution in [3.63, 3.8) is 0 Å². The summed E-state index contributed by atoms with van der Waals surface area (Å²) in [4.78, 5) is 28.3. The first-order valence-corrected chi connectivity index (χ1v) is 8.71. The third-order valence-electron chi connectivity index (χ3n) is 4.29. The number of carbonyl (C=O) groups excluding carboxylic acids is 2. The van der Waals surface area contributed by atoms with Gasteiger partial charge in [-0.1, -0.05) is 6.92 Å². The Hall–Kier alpha value is -2.89. The molecule has 1 aromatic heterocycles. The minimum Gasteiger partial charge on any atom is -0.347 e. The molecule has 0 bridgehead atoms. The average Bonchev–Trinajstić information content (AvgIpc) is 2.62. The molecule has 0 fully saturated rings. The number of hydrogen-bond donors (Lipinski definition) is 3. The quantitative estimate of drug-likeness (QED) is 0.736. The van der Waals surface area contributed by atoms with Gasteiger partial charge < -0.3 is 16.0 Å². The van der Waals surface area contributed by atoms with E-state index in [1.54, 1.807) is 36.7 Å². The lowest BCUT2D eigenvalue weighted by Crippen LogP contribution is -2.42. The van der Waals surface area contributed by atoms with Gasteiger partial charge in [-0.05, 0) is 69.2 Å². The SMILES string of the molecule is CCC(C)(C)NC(=O)c1ccc(NC(=O)NC(C)c2ccncc2)cc1. The van der Waals surface area contributed by atoms with E-state index in [0.717, 1.165) is 12.0 Å². The van der Waals surface area contributed by atoms with E-state index in [9.17, 15) is 9.59 Å². The molecule has 0 aliphatic heterocycles. The molecule has 2 aromatic rings. The van der Waals surface area contributed by atoms with Gasteiger partial charge in [0.25, 0.3) is 5.91 Å². The number of anilines is 1. The number of urea groups is 1. The maximum atomic E-state index is 12.2. The molecule has 6 heteroatoms. The van der Waals surface area contributed by atoms with E-state index in [4.69, 9.17) is 0 Å². The van der Waals surface area contributed by atoms with Crippen molar-refractivity contribution in [1.82, 2.24) is 15.6 Å². The zero-order valence-corrected chi connectivity index (χ0v) is 15.7. The summed E-state index contributed by atoms with van der Waals surface area (Å²) in [5.74, 6) is -0.126. The average molecular weight is 354 g/mol. The molecule has 3 N–H and O–H groups in total. The fraction of sp³-hybridized carbons (Fsp3) is 0.350. The van der Waals surface area contributed by atoms with Crippen LogP contribution in [0.25, 0.3) is 0 Å². The molecule has 6 nitrogen and oxygen atoms in total. The van der Waals surface area contributed by atoms with Crippen LogP contribution in [-0.2, 0) is 0 Å². The molecule has 138 valence electrons. The maximum Gasteiger partial charge on any atom is 0.319 e. The molecule has 1 heterocycles.